The number of furan rings is 2. The lowest BCUT2D eigenvalue weighted by molar-refractivity contribution is -0.385. The van der Waals surface area contributed by atoms with Gasteiger partial charge in [-0.1, -0.05) is 0 Å². The molecule has 4 heterocycles. The van der Waals surface area contributed by atoms with Crippen molar-refractivity contribution in [3.63, 3.8) is 0 Å². The predicted molar refractivity (Wildman–Crippen MR) is 136 cm³/mol. The molecule has 0 saturated carbocycles. The summed E-state index contributed by atoms with van der Waals surface area (Å²) < 4.78 is 23.0. The molecule has 0 radical (unpaired) electrons. The van der Waals surface area contributed by atoms with Crippen LogP contribution in [-0.4, -0.2) is 30.2 Å². The molecule has 6 aromatic rings. The zero-order valence-electron chi connectivity index (χ0n) is 20.3. The topological polar surface area (TPSA) is 190 Å². The van der Waals surface area contributed by atoms with E-state index < -0.39 is 9.85 Å². The second kappa shape index (κ2) is 10.1. The fourth-order valence-electron chi connectivity index (χ4n) is 3.83. The maximum atomic E-state index is 10.8. The Morgan fingerprint density at radius 1 is 0.500 bits per heavy atom. The summed E-state index contributed by atoms with van der Waals surface area (Å²) in [4.78, 5) is 20.8. The van der Waals surface area contributed by atoms with Crippen molar-refractivity contribution in [3.8, 4) is 45.9 Å². The van der Waals surface area contributed by atoms with Gasteiger partial charge in [-0.15, -0.1) is 20.4 Å². The minimum Gasteiger partial charge on any atom is -0.451 e. The number of benzene rings is 2. The van der Waals surface area contributed by atoms with E-state index in [1.54, 1.807) is 48.5 Å². The third kappa shape index (κ3) is 4.96. The quantitative estimate of drug-likeness (QED) is 0.156. The first-order chi connectivity index (χ1) is 19.4. The summed E-state index contributed by atoms with van der Waals surface area (Å²) in [6.45, 7) is 0. The molecule has 0 saturated heterocycles. The molecule has 0 aliphatic rings. The standard InChI is InChI=1S/C26H16N6O8/c33-31(34)17-5-1-15(2-6-17)19-9-11-21(37-19)25-29-27-23(39-25)13-14-24-28-30-26(40-24)22-12-10-20(38-22)16-3-7-18(8-4-16)32(35)36/h1-12H,13-14H2. The van der Waals surface area contributed by atoms with Crippen molar-refractivity contribution in [1.82, 2.24) is 20.4 Å². The van der Waals surface area contributed by atoms with Crippen LogP contribution in [0.5, 0.6) is 0 Å². The smallest absolute Gasteiger partial charge is 0.283 e. The average Bonchev–Trinajstić information content (AvgIpc) is 3.78. The number of aromatic nitrogens is 4. The monoisotopic (exact) mass is 540 g/mol. The van der Waals surface area contributed by atoms with Gasteiger partial charge in [0, 0.05) is 48.2 Å². The van der Waals surface area contributed by atoms with Crippen molar-refractivity contribution in [2.24, 2.45) is 0 Å². The van der Waals surface area contributed by atoms with Gasteiger partial charge in [-0.25, -0.2) is 0 Å². The predicted octanol–water partition coefficient (Wildman–Crippen LogP) is 5.91. The average molecular weight is 540 g/mol. The lowest BCUT2D eigenvalue weighted by Crippen LogP contribution is -1.91. The Bertz CT molecular complexity index is 1680. The fourth-order valence-corrected chi connectivity index (χ4v) is 3.83. The van der Waals surface area contributed by atoms with Crippen molar-refractivity contribution in [1.29, 1.82) is 0 Å². The minimum atomic E-state index is -0.469. The lowest BCUT2D eigenvalue weighted by Gasteiger charge is -1.96. The summed E-state index contributed by atoms with van der Waals surface area (Å²) in [6.07, 6.45) is 0.660. The molecule has 0 unspecified atom stereocenters. The van der Waals surface area contributed by atoms with Crippen molar-refractivity contribution < 1.29 is 27.5 Å². The van der Waals surface area contributed by atoms with E-state index >= 15 is 0 Å². The molecule has 40 heavy (non-hydrogen) atoms. The van der Waals surface area contributed by atoms with Crippen LogP contribution in [0.3, 0.4) is 0 Å². The fraction of sp³-hybridized carbons (Fsp3) is 0.0769. The van der Waals surface area contributed by atoms with Crippen LogP contribution in [0.1, 0.15) is 11.8 Å². The molecule has 0 amide bonds. The van der Waals surface area contributed by atoms with E-state index in [1.165, 1.54) is 24.3 Å². The van der Waals surface area contributed by atoms with Gasteiger partial charge in [0.1, 0.15) is 11.5 Å². The van der Waals surface area contributed by atoms with E-state index in [0.29, 0.717) is 58.8 Å². The maximum absolute atomic E-state index is 10.8. The first kappa shape index (κ1) is 24.4. The molecule has 0 N–H and O–H groups in total. The zero-order chi connectivity index (χ0) is 27.6. The third-order valence-corrected chi connectivity index (χ3v) is 5.85. The van der Waals surface area contributed by atoms with E-state index in [4.69, 9.17) is 17.7 Å². The highest BCUT2D eigenvalue weighted by atomic mass is 16.6. The summed E-state index contributed by atoms with van der Waals surface area (Å²) in [5, 5.41) is 37.8. The van der Waals surface area contributed by atoms with Crippen LogP contribution in [0.4, 0.5) is 11.4 Å². The molecule has 0 aliphatic carbocycles. The SMILES string of the molecule is O=[N+]([O-])c1ccc(-c2ccc(-c3nnc(CCc4nnc(-c5ccc(-c6ccc([N+](=O)[O-])cc6)o5)o4)o3)o2)cc1. The number of non-ortho nitro benzene ring substituents is 2. The third-order valence-electron chi connectivity index (χ3n) is 5.85. The van der Waals surface area contributed by atoms with Gasteiger partial charge in [-0.3, -0.25) is 20.2 Å². The van der Waals surface area contributed by atoms with Gasteiger partial charge in [-0.05, 0) is 48.5 Å². The first-order valence-electron chi connectivity index (χ1n) is 11.8. The van der Waals surface area contributed by atoms with Gasteiger partial charge >= 0.3 is 0 Å². The minimum absolute atomic E-state index is 0.0124. The van der Waals surface area contributed by atoms with Gasteiger partial charge in [0.05, 0.1) is 9.85 Å². The van der Waals surface area contributed by atoms with Crippen LogP contribution in [-0.2, 0) is 12.8 Å². The molecule has 0 atom stereocenters. The number of hydrogen-bond acceptors (Lipinski definition) is 12. The molecule has 14 heteroatoms. The number of nitro groups is 2. The highest BCUT2D eigenvalue weighted by Crippen LogP contribution is 2.30. The Morgan fingerprint density at radius 2 is 0.875 bits per heavy atom. The number of nitrogens with zero attached hydrogens (tertiary/aromatic N) is 6. The van der Waals surface area contributed by atoms with Crippen molar-refractivity contribution in [2.45, 2.75) is 12.8 Å². The van der Waals surface area contributed by atoms with Gasteiger partial charge in [0.15, 0.2) is 11.5 Å². The molecular weight excluding hydrogens is 524 g/mol. The van der Waals surface area contributed by atoms with Gasteiger partial charge in [0.25, 0.3) is 23.2 Å². The second-order valence-electron chi connectivity index (χ2n) is 8.44. The Morgan fingerprint density at radius 3 is 1.25 bits per heavy atom. The molecule has 4 aromatic heterocycles. The number of hydrogen-bond donors (Lipinski definition) is 0. The van der Waals surface area contributed by atoms with Crippen LogP contribution in [0.2, 0.25) is 0 Å². The van der Waals surface area contributed by atoms with Crippen molar-refractivity contribution >= 4 is 11.4 Å². The first-order valence-corrected chi connectivity index (χ1v) is 11.8. The van der Waals surface area contributed by atoms with Crippen LogP contribution < -0.4 is 0 Å². The molecule has 0 bridgehead atoms. The summed E-state index contributed by atoms with van der Waals surface area (Å²) in [6, 6.07) is 18.7. The Hall–Kier alpha value is -5.92. The maximum Gasteiger partial charge on any atom is 0.283 e. The molecule has 6 rings (SSSR count). The molecule has 0 spiro atoms. The van der Waals surface area contributed by atoms with Gasteiger partial charge < -0.3 is 17.7 Å². The second-order valence-corrected chi connectivity index (χ2v) is 8.44. The molecule has 198 valence electrons. The van der Waals surface area contributed by atoms with Crippen LogP contribution in [0.25, 0.3) is 45.9 Å². The van der Waals surface area contributed by atoms with Gasteiger partial charge in [0.2, 0.25) is 11.8 Å². The molecular formula is C26H16N6O8. The lowest BCUT2D eigenvalue weighted by atomic mass is 10.1. The number of rotatable bonds is 9. The van der Waals surface area contributed by atoms with E-state index in [9.17, 15) is 20.2 Å². The number of aryl methyl sites for hydroxylation is 2. The zero-order valence-corrected chi connectivity index (χ0v) is 20.3. The highest BCUT2D eigenvalue weighted by molar-refractivity contribution is 5.63. The Balaban J connectivity index is 1.08. The molecule has 14 nitrogen and oxygen atoms in total. The summed E-state index contributed by atoms with van der Waals surface area (Å²) in [7, 11) is 0. The Labute approximate surface area is 223 Å². The van der Waals surface area contributed by atoms with E-state index in [1.807, 2.05) is 0 Å². The normalized spacial score (nSPS) is 11.1. The van der Waals surface area contributed by atoms with Crippen LogP contribution >= 0.6 is 0 Å². The van der Waals surface area contributed by atoms with E-state index in [2.05, 4.69) is 20.4 Å². The summed E-state index contributed by atoms with van der Waals surface area (Å²) in [5.41, 5.74) is 1.31. The molecule has 2 aromatic carbocycles. The highest BCUT2D eigenvalue weighted by Gasteiger charge is 2.17. The van der Waals surface area contributed by atoms with E-state index in [0.717, 1.165) is 0 Å². The van der Waals surface area contributed by atoms with Crippen molar-refractivity contribution in [2.75, 3.05) is 0 Å². The van der Waals surface area contributed by atoms with Crippen LogP contribution in [0.15, 0.2) is 90.5 Å². The van der Waals surface area contributed by atoms with Crippen molar-refractivity contribution in [3.05, 3.63) is 105 Å². The summed E-state index contributed by atoms with van der Waals surface area (Å²) in [5.74, 6) is 2.74. The van der Waals surface area contributed by atoms with Gasteiger partial charge in [-0.2, -0.15) is 0 Å². The largest absolute Gasteiger partial charge is 0.451 e. The molecule has 0 fully saturated rings. The molecule has 0 aliphatic heterocycles. The Kier molecular flexibility index (Phi) is 6.16. The summed E-state index contributed by atoms with van der Waals surface area (Å²) >= 11 is 0. The van der Waals surface area contributed by atoms with E-state index in [-0.39, 0.29) is 23.2 Å². The number of nitro benzene ring substituents is 2. The van der Waals surface area contributed by atoms with Crippen LogP contribution in [0, 0.1) is 20.2 Å².